The quantitative estimate of drug-likeness (QED) is 0.743. The van der Waals surface area contributed by atoms with Crippen LogP contribution >= 0.6 is 22.7 Å². The molecule has 23 heavy (non-hydrogen) atoms. The van der Waals surface area contributed by atoms with Gasteiger partial charge in [0.05, 0.1) is 28.3 Å². The van der Waals surface area contributed by atoms with Crippen LogP contribution in [0.25, 0.3) is 10.6 Å². The molecule has 3 aromatic rings. The summed E-state index contributed by atoms with van der Waals surface area (Å²) in [6.45, 7) is 2.52. The Bertz CT molecular complexity index is 776. The number of hydrogen-bond donors (Lipinski definition) is 1. The number of thiophene rings is 1. The molecule has 3 aromatic heterocycles. The first-order chi connectivity index (χ1) is 11.1. The van der Waals surface area contributed by atoms with Crippen molar-refractivity contribution < 1.29 is 4.79 Å². The molecule has 5 nitrogen and oxygen atoms in total. The molecule has 0 aromatic carbocycles. The Balaban J connectivity index is 1.55. The van der Waals surface area contributed by atoms with Gasteiger partial charge in [-0.2, -0.15) is 5.10 Å². The Hall–Kier alpha value is -1.99. The molecule has 0 aliphatic carbocycles. The van der Waals surface area contributed by atoms with E-state index in [9.17, 15) is 4.79 Å². The number of thiazole rings is 1. The molecule has 0 saturated carbocycles. The van der Waals surface area contributed by atoms with E-state index in [-0.39, 0.29) is 5.91 Å². The van der Waals surface area contributed by atoms with Gasteiger partial charge in [0.2, 0.25) is 5.91 Å². The van der Waals surface area contributed by atoms with Crippen molar-refractivity contribution in [1.29, 1.82) is 0 Å². The molecule has 0 aliphatic heterocycles. The summed E-state index contributed by atoms with van der Waals surface area (Å²) in [5.41, 5.74) is 4.73. The molecule has 3 heterocycles. The molecule has 0 atom stereocenters. The molecule has 7 heteroatoms. The highest BCUT2D eigenvalue weighted by Gasteiger charge is 2.13. The zero-order valence-corrected chi connectivity index (χ0v) is 14.7. The minimum absolute atomic E-state index is 0.130. The van der Waals surface area contributed by atoms with Crippen LogP contribution in [0.1, 0.15) is 22.7 Å². The zero-order valence-electron chi connectivity index (χ0n) is 13.1. The lowest BCUT2D eigenvalue weighted by molar-refractivity contribution is -0.130. The van der Waals surface area contributed by atoms with Gasteiger partial charge in [-0.05, 0) is 30.9 Å². The normalized spacial score (nSPS) is 10.9. The lowest BCUT2D eigenvalue weighted by Gasteiger charge is -2.15. The second kappa shape index (κ2) is 7.06. The molecule has 120 valence electrons. The summed E-state index contributed by atoms with van der Waals surface area (Å²) in [6, 6.07) is 6.05. The van der Waals surface area contributed by atoms with Crippen LogP contribution in [0.5, 0.6) is 0 Å². The van der Waals surface area contributed by atoms with Gasteiger partial charge in [0.25, 0.3) is 0 Å². The lowest BCUT2D eigenvalue weighted by Crippen LogP contribution is -2.26. The van der Waals surface area contributed by atoms with E-state index in [1.54, 1.807) is 27.6 Å². The molecule has 0 fully saturated rings. The van der Waals surface area contributed by atoms with Gasteiger partial charge >= 0.3 is 0 Å². The summed E-state index contributed by atoms with van der Waals surface area (Å²) in [4.78, 5) is 20.5. The SMILES string of the molecule is Cc1ncsc1CCC(=O)N(C)Cc1cc(-c2cccs2)n[nH]1. The van der Waals surface area contributed by atoms with E-state index in [4.69, 9.17) is 0 Å². The van der Waals surface area contributed by atoms with Crippen molar-refractivity contribution in [1.82, 2.24) is 20.1 Å². The first kappa shape index (κ1) is 15.9. The maximum atomic E-state index is 12.3. The van der Waals surface area contributed by atoms with Crippen molar-refractivity contribution in [2.75, 3.05) is 7.05 Å². The molecule has 0 saturated heterocycles. The average Bonchev–Trinajstić information content (AvgIpc) is 3.26. The summed E-state index contributed by atoms with van der Waals surface area (Å²) < 4.78 is 0. The second-order valence-corrected chi connectivity index (χ2v) is 7.25. The van der Waals surface area contributed by atoms with Crippen molar-refractivity contribution in [2.45, 2.75) is 26.3 Å². The molecule has 0 unspecified atom stereocenters. The monoisotopic (exact) mass is 346 g/mol. The van der Waals surface area contributed by atoms with Gasteiger partial charge in [0.1, 0.15) is 5.69 Å². The van der Waals surface area contributed by atoms with Crippen LogP contribution in [0.3, 0.4) is 0 Å². The fourth-order valence-corrected chi connectivity index (χ4v) is 3.78. The minimum atomic E-state index is 0.130. The second-order valence-electron chi connectivity index (χ2n) is 5.37. The molecule has 3 rings (SSSR count). The van der Waals surface area contributed by atoms with Gasteiger partial charge in [-0.25, -0.2) is 4.98 Å². The Morgan fingerprint density at radius 2 is 2.26 bits per heavy atom. The molecule has 0 spiro atoms. The number of nitrogens with one attached hydrogen (secondary N) is 1. The van der Waals surface area contributed by atoms with Crippen molar-refractivity contribution in [2.24, 2.45) is 0 Å². The third-order valence-corrected chi connectivity index (χ3v) is 5.54. The fraction of sp³-hybridized carbons (Fsp3) is 0.312. The van der Waals surface area contributed by atoms with Crippen LogP contribution in [-0.4, -0.2) is 33.0 Å². The maximum absolute atomic E-state index is 12.3. The van der Waals surface area contributed by atoms with Crippen LogP contribution < -0.4 is 0 Å². The van der Waals surface area contributed by atoms with Crippen molar-refractivity contribution >= 4 is 28.6 Å². The van der Waals surface area contributed by atoms with Crippen molar-refractivity contribution in [3.63, 3.8) is 0 Å². The largest absolute Gasteiger partial charge is 0.340 e. The summed E-state index contributed by atoms with van der Waals surface area (Å²) in [5, 5.41) is 9.35. The highest BCUT2D eigenvalue weighted by Crippen LogP contribution is 2.23. The van der Waals surface area contributed by atoms with Crippen LogP contribution in [0, 0.1) is 6.92 Å². The van der Waals surface area contributed by atoms with Crippen molar-refractivity contribution in [3.8, 4) is 10.6 Å². The highest BCUT2D eigenvalue weighted by molar-refractivity contribution is 7.13. The van der Waals surface area contributed by atoms with E-state index < -0.39 is 0 Å². The van der Waals surface area contributed by atoms with Crippen LogP contribution in [-0.2, 0) is 17.8 Å². The number of amides is 1. The zero-order chi connectivity index (χ0) is 16.2. The Labute approximate surface area is 143 Å². The molecular weight excluding hydrogens is 328 g/mol. The summed E-state index contributed by atoms with van der Waals surface area (Å²) in [5.74, 6) is 0.130. The van der Waals surface area contributed by atoms with Crippen LogP contribution in [0.15, 0.2) is 29.1 Å². The first-order valence-corrected chi connectivity index (χ1v) is 9.10. The molecule has 1 amide bonds. The standard InChI is InChI=1S/C16H18N4OS2/c1-11-14(23-10-17-11)5-6-16(21)20(2)9-12-8-13(19-18-12)15-4-3-7-22-15/h3-4,7-8,10H,5-6,9H2,1-2H3,(H,18,19). The average molecular weight is 346 g/mol. The lowest BCUT2D eigenvalue weighted by atomic mass is 10.2. The number of nitrogens with zero attached hydrogens (tertiary/aromatic N) is 3. The predicted octanol–water partition coefficient (Wildman–Crippen LogP) is 3.49. The van der Waals surface area contributed by atoms with Gasteiger partial charge in [-0.15, -0.1) is 22.7 Å². The van der Waals surface area contributed by atoms with E-state index in [1.165, 1.54) is 4.88 Å². The van der Waals surface area contributed by atoms with E-state index in [1.807, 2.05) is 43.1 Å². The Kier molecular flexibility index (Phi) is 4.88. The van der Waals surface area contributed by atoms with E-state index in [0.29, 0.717) is 13.0 Å². The van der Waals surface area contributed by atoms with Gasteiger partial charge in [-0.1, -0.05) is 6.07 Å². The number of carbonyl (C=O) groups is 1. The summed E-state index contributed by atoms with van der Waals surface area (Å²) >= 11 is 3.27. The topological polar surface area (TPSA) is 61.9 Å². The number of rotatable bonds is 6. The third kappa shape index (κ3) is 3.86. The number of aromatic amines is 1. The highest BCUT2D eigenvalue weighted by atomic mass is 32.1. The summed E-state index contributed by atoms with van der Waals surface area (Å²) in [6.07, 6.45) is 1.26. The Morgan fingerprint density at radius 3 is 2.96 bits per heavy atom. The molecule has 0 radical (unpaired) electrons. The predicted molar refractivity (Wildman–Crippen MR) is 93.5 cm³/mol. The van der Waals surface area contributed by atoms with Crippen LogP contribution in [0.2, 0.25) is 0 Å². The van der Waals surface area contributed by atoms with Gasteiger partial charge in [0.15, 0.2) is 0 Å². The third-order valence-electron chi connectivity index (χ3n) is 3.65. The molecule has 0 aliphatic rings. The molecule has 1 N–H and O–H groups in total. The Morgan fingerprint density at radius 1 is 1.39 bits per heavy atom. The maximum Gasteiger partial charge on any atom is 0.223 e. The summed E-state index contributed by atoms with van der Waals surface area (Å²) in [7, 11) is 1.83. The van der Waals surface area contributed by atoms with Gasteiger partial charge in [-0.3, -0.25) is 9.89 Å². The number of carbonyl (C=O) groups excluding carboxylic acids is 1. The van der Waals surface area contributed by atoms with E-state index in [0.717, 1.165) is 28.4 Å². The van der Waals surface area contributed by atoms with E-state index in [2.05, 4.69) is 15.2 Å². The first-order valence-electron chi connectivity index (χ1n) is 7.34. The molecule has 0 bridgehead atoms. The number of H-pyrrole nitrogens is 1. The van der Waals surface area contributed by atoms with E-state index >= 15 is 0 Å². The van der Waals surface area contributed by atoms with Gasteiger partial charge in [0, 0.05) is 18.3 Å². The molecular formula is C16H18N4OS2. The number of hydrogen-bond acceptors (Lipinski definition) is 5. The minimum Gasteiger partial charge on any atom is -0.340 e. The smallest absolute Gasteiger partial charge is 0.223 e. The van der Waals surface area contributed by atoms with Gasteiger partial charge < -0.3 is 4.90 Å². The number of aryl methyl sites for hydroxylation is 2. The van der Waals surface area contributed by atoms with Crippen LogP contribution in [0.4, 0.5) is 0 Å². The number of aromatic nitrogens is 3. The fourth-order valence-electron chi connectivity index (χ4n) is 2.31. The van der Waals surface area contributed by atoms with Crippen molar-refractivity contribution in [3.05, 3.63) is 45.4 Å².